The fourth-order valence-electron chi connectivity index (χ4n) is 19.0. The van der Waals surface area contributed by atoms with E-state index in [-0.39, 0.29) is 111 Å². The number of rotatable bonds is 23. The molecule has 15 heteroatoms. The summed E-state index contributed by atoms with van der Waals surface area (Å²) < 4.78 is 24.4. The Morgan fingerprint density at radius 3 is 2.00 bits per heavy atom. The number of likely N-dealkylation sites (tertiary alicyclic amines) is 1. The first-order chi connectivity index (χ1) is 37.3. The zero-order chi connectivity index (χ0) is 59.8. The molecule has 0 aromatic heterocycles. The maximum Gasteiger partial charge on any atom is 0.302 e. The number of likely N-dealkylation sites (N-methyl/N-ethyl adjacent to an activating group) is 2. The van der Waals surface area contributed by atoms with E-state index in [4.69, 9.17) is 25.5 Å². The molecular formula is C65H111N5O10. The Labute approximate surface area is 483 Å². The van der Waals surface area contributed by atoms with Crippen molar-refractivity contribution in [3.63, 3.8) is 0 Å². The summed E-state index contributed by atoms with van der Waals surface area (Å²) in [6.45, 7) is 35.4. The molecule has 1 heterocycles. The van der Waals surface area contributed by atoms with Crippen LogP contribution in [-0.2, 0) is 47.7 Å². The van der Waals surface area contributed by atoms with Gasteiger partial charge in [-0.25, -0.2) is 0 Å². The lowest BCUT2D eigenvalue weighted by Gasteiger charge is -2.73. The molecule has 1 saturated heterocycles. The Kier molecular flexibility index (Phi) is 21.1. The number of amides is 4. The predicted molar refractivity (Wildman–Crippen MR) is 314 cm³/mol. The standard InChI is InChI=1S/C65H111N5O10/c1-21-40(6)56(69(18)60(76)54(38(2)3)67-59(75)55(39(4)5)68(16)17)48(77-19)35-52(73)70-34-22-23-47(70)57(78-20)42(8)58(74)66-36-41(7)45-26-31-65(37-79-43(9)71)33-32-63(14)46(53(45)65)24-25-50-62(13)29-28-51(80-44(10)72)61(11,12)49(62)27-30-64(50,63)15/h38-40,42,45-51,53-57H,7,21-37H2,1-6,8-20H3,(H,66,74)(H,67,75)/t40-,42+,45-,46+,47-,48+,49-,50+,51-,53+,54-,55-,56-,57+,62-,63+,64+,65+/m0/s1. The highest BCUT2D eigenvalue weighted by Gasteiger charge is 2.71. The first kappa shape index (κ1) is 65.6. The summed E-state index contributed by atoms with van der Waals surface area (Å²) in [5.41, 5.74) is 1.01. The van der Waals surface area contributed by atoms with Gasteiger partial charge in [-0.2, -0.15) is 0 Å². The van der Waals surface area contributed by atoms with Gasteiger partial charge in [-0.3, -0.25) is 33.7 Å². The molecule has 80 heavy (non-hydrogen) atoms. The third kappa shape index (κ3) is 12.3. The quantitative estimate of drug-likeness (QED) is 0.0737. The topological polar surface area (TPSA) is 173 Å². The molecular weight excluding hydrogens is 1010 g/mol. The number of nitrogens with one attached hydrogen (secondary N) is 2. The molecule has 0 aromatic carbocycles. The van der Waals surface area contributed by atoms with Gasteiger partial charge in [-0.05, 0) is 155 Å². The van der Waals surface area contributed by atoms with Crippen molar-refractivity contribution in [1.82, 2.24) is 25.3 Å². The molecule has 4 amide bonds. The molecule has 456 valence electrons. The van der Waals surface area contributed by atoms with E-state index in [1.165, 1.54) is 6.92 Å². The minimum absolute atomic E-state index is 0.0304. The zero-order valence-electron chi connectivity index (χ0n) is 53.4. The smallest absolute Gasteiger partial charge is 0.302 e. The van der Waals surface area contributed by atoms with Gasteiger partial charge in [0.05, 0.1) is 49.3 Å². The van der Waals surface area contributed by atoms with E-state index in [9.17, 15) is 28.8 Å². The number of esters is 2. The lowest BCUT2D eigenvalue weighted by molar-refractivity contribution is -0.252. The molecule has 0 spiro atoms. The van der Waals surface area contributed by atoms with Crippen LogP contribution in [-0.4, -0.2) is 148 Å². The minimum atomic E-state index is -0.773. The third-order valence-corrected chi connectivity index (χ3v) is 23.4. The molecule has 6 aliphatic rings. The van der Waals surface area contributed by atoms with Gasteiger partial charge in [-0.15, -0.1) is 0 Å². The van der Waals surface area contributed by atoms with Crippen molar-refractivity contribution in [2.24, 2.45) is 80.3 Å². The van der Waals surface area contributed by atoms with Gasteiger partial charge in [0.15, 0.2) is 0 Å². The summed E-state index contributed by atoms with van der Waals surface area (Å²) in [6, 6.07) is -1.99. The van der Waals surface area contributed by atoms with Crippen LogP contribution in [0.4, 0.5) is 0 Å². The van der Waals surface area contributed by atoms with Gasteiger partial charge in [0.2, 0.25) is 23.6 Å². The average molecular weight is 1120 g/mol. The van der Waals surface area contributed by atoms with Crippen LogP contribution in [0.1, 0.15) is 187 Å². The van der Waals surface area contributed by atoms with Gasteiger partial charge in [0.25, 0.3) is 0 Å². The molecule has 5 aliphatic carbocycles. The molecule has 6 rings (SSSR count). The molecule has 0 radical (unpaired) electrons. The molecule has 1 aliphatic heterocycles. The first-order valence-electron chi connectivity index (χ1n) is 31.2. The average Bonchev–Trinajstić information content (AvgIpc) is 3.73. The van der Waals surface area contributed by atoms with Crippen molar-refractivity contribution in [1.29, 1.82) is 0 Å². The highest BCUT2D eigenvalue weighted by atomic mass is 16.5. The second kappa shape index (κ2) is 25.7. The van der Waals surface area contributed by atoms with Gasteiger partial charge in [-0.1, -0.05) is 102 Å². The van der Waals surface area contributed by atoms with Gasteiger partial charge in [0.1, 0.15) is 12.1 Å². The van der Waals surface area contributed by atoms with E-state index in [0.29, 0.717) is 43.9 Å². The number of ether oxygens (including phenoxy) is 4. The van der Waals surface area contributed by atoms with Crippen molar-refractivity contribution in [2.75, 3.05) is 55.1 Å². The summed E-state index contributed by atoms with van der Waals surface area (Å²) >= 11 is 0. The molecule has 0 unspecified atom stereocenters. The number of methoxy groups -OCH3 is 2. The van der Waals surface area contributed by atoms with Crippen LogP contribution in [0.25, 0.3) is 0 Å². The van der Waals surface area contributed by atoms with Crippen molar-refractivity contribution in [3.8, 4) is 0 Å². The van der Waals surface area contributed by atoms with Crippen LogP contribution >= 0.6 is 0 Å². The molecule has 6 fully saturated rings. The number of hydrogen-bond donors (Lipinski definition) is 2. The Balaban J connectivity index is 1.15. The summed E-state index contributed by atoms with van der Waals surface area (Å²) in [5, 5.41) is 6.39. The SMILES string of the molecule is C=C(CNC(=O)[C@H](C)[C@@H](OC)[C@@H]1CCCN1C(=O)C[C@@H](OC)[C@H]([C@@H](C)CC)N(C)C(=O)[C@@H](NC(=O)[C@H](C(C)C)N(C)C)C(C)C)[C@@H]1CC[C@]2(COC(C)=O)CC[C@]3(C)[C@H](CC[C@@H]4[C@@]5(C)CC[C@H](OC(C)=O)C(C)(C)[C@@H]5CC[C@]43C)[C@@H]12. The van der Waals surface area contributed by atoms with E-state index in [1.54, 1.807) is 33.1 Å². The van der Waals surface area contributed by atoms with Crippen molar-refractivity contribution in [3.05, 3.63) is 12.2 Å². The monoisotopic (exact) mass is 1120 g/mol. The number of nitrogens with zero attached hydrogens (tertiary/aromatic N) is 3. The van der Waals surface area contributed by atoms with Crippen molar-refractivity contribution >= 4 is 35.6 Å². The van der Waals surface area contributed by atoms with Crippen LogP contribution in [0.3, 0.4) is 0 Å². The third-order valence-electron chi connectivity index (χ3n) is 23.4. The number of carbonyl (C=O) groups excluding carboxylic acids is 6. The second-order valence-corrected chi connectivity index (χ2v) is 28.8. The highest BCUT2D eigenvalue weighted by Crippen LogP contribution is 2.77. The van der Waals surface area contributed by atoms with Gasteiger partial charge in [0, 0.05) is 59.0 Å². The lowest BCUT2D eigenvalue weighted by Crippen LogP contribution is -2.67. The summed E-state index contributed by atoms with van der Waals surface area (Å²) in [7, 11) is 8.71. The Bertz CT molecular complexity index is 2230. The number of hydrogen-bond acceptors (Lipinski definition) is 11. The van der Waals surface area contributed by atoms with Crippen LogP contribution in [0, 0.1) is 80.3 Å². The molecule has 15 nitrogen and oxygen atoms in total. The van der Waals surface area contributed by atoms with E-state index in [1.807, 2.05) is 58.5 Å². The molecule has 0 aromatic rings. The first-order valence-corrected chi connectivity index (χ1v) is 31.2. The second-order valence-electron chi connectivity index (χ2n) is 28.8. The zero-order valence-corrected chi connectivity index (χ0v) is 53.4. The maximum absolute atomic E-state index is 14.7. The maximum atomic E-state index is 14.7. The largest absolute Gasteiger partial charge is 0.465 e. The van der Waals surface area contributed by atoms with Crippen LogP contribution < -0.4 is 10.6 Å². The number of carbonyl (C=O) groups is 6. The van der Waals surface area contributed by atoms with Crippen LogP contribution in [0.5, 0.6) is 0 Å². The van der Waals surface area contributed by atoms with Gasteiger partial charge < -0.3 is 39.4 Å². The number of fused-ring (bicyclic) bond motifs is 7. The normalized spacial score (nSPS) is 34.3. The molecule has 18 atom stereocenters. The minimum Gasteiger partial charge on any atom is -0.465 e. The highest BCUT2D eigenvalue weighted by molar-refractivity contribution is 5.90. The van der Waals surface area contributed by atoms with E-state index >= 15 is 0 Å². The van der Waals surface area contributed by atoms with E-state index < -0.39 is 36.3 Å². The van der Waals surface area contributed by atoms with Crippen molar-refractivity contribution < 1.29 is 47.7 Å². The van der Waals surface area contributed by atoms with Crippen LogP contribution in [0.2, 0.25) is 0 Å². The van der Waals surface area contributed by atoms with Crippen molar-refractivity contribution in [2.45, 2.75) is 229 Å². The summed E-state index contributed by atoms with van der Waals surface area (Å²) in [6.07, 6.45) is 11.3. The lowest BCUT2D eigenvalue weighted by atomic mass is 9.32. The Hall–Kier alpha value is -3.56. The Morgan fingerprint density at radius 1 is 0.750 bits per heavy atom. The van der Waals surface area contributed by atoms with Gasteiger partial charge >= 0.3 is 11.9 Å². The fraction of sp³-hybridized carbons (Fsp3) is 0.877. The molecule has 5 saturated carbocycles. The fourth-order valence-corrected chi connectivity index (χ4v) is 19.0. The predicted octanol–water partition coefficient (Wildman–Crippen LogP) is 9.88. The Morgan fingerprint density at radius 2 is 1.43 bits per heavy atom. The van der Waals surface area contributed by atoms with E-state index in [2.05, 4.69) is 59.1 Å². The molecule has 0 bridgehead atoms. The summed E-state index contributed by atoms with van der Waals surface area (Å²) in [5.74, 6) is -0.103. The molecule has 2 N–H and O–H groups in total. The van der Waals surface area contributed by atoms with Crippen LogP contribution in [0.15, 0.2) is 12.2 Å². The van der Waals surface area contributed by atoms with E-state index in [0.717, 1.165) is 82.6 Å². The summed E-state index contributed by atoms with van der Waals surface area (Å²) in [4.78, 5) is 87.6.